The summed E-state index contributed by atoms with van der Waals surface area (Å²) in [5.74, 6) is 0.701. The fourth-order valence-electron chi connectivity index (χ4n) is 1.61. The molecule has 2 nitrogen and oxygen atoms in total. The van der Waals surface area contributed by atoms with Crippen LogP contribution in [0.1, 0.15) is 30.1 Å². The molecule has 0 radical (unpaired) electrons. The zero-order valence-corrected chi connectivity index (χ0v) is 10.0. The number of rotatable bonds is 3. The lowest BCUT2D eigenvalue weighted by atomic mass is 10.1. The number of hydrogen-bond acceptors (Lipinski definition) is 2. The van der Waals surface area contributed by atoms with Gasteiger partial charge in [-0.3, -0.25) is 0 Å². The average molecular weight is 255 g/mol. The quantitative estimate of drug-likeness (QED) is 0.906. The van der Waals surface area contributed by atoms with Crippen LogP contribution in [0.3, 0.4) is 0 Å². The van der Waals surface area contributed by atoms with E-state index in [2.05, 4.69) is 0 Å². The van der Waals surface area contributed by atoms with E-state index in [0.717, 1.165) is 12.2 Å². The molecule has 0 spiro atoms. The summed E-state index contributed by atoms with van der Waals surface area (Å²) in [6.07, 6.45) is -0.303. The van der Waals surface area contributed by atoms with Gasteiger partial charge in [0.2, 0.25) is 0 Å². The van der Waals surface area contributed by atoms with Crippen LogP contribution < -0.4 is 0 Å². The van der Waals surface area contributed by atoms with E-state index in [4.69, 9.17) is 16.0 Å². The molecule has 0 fully saturated rings. The summed E-state index contributed by atoms with van der Waals surface area (Å²) in [7, 11) is 0. The van der Waals surface area contributed by atoms with E-state index >= 15 is 0 Å². The molecule has 4 heteroatoms. The number of hydrogen-bond donors (Lipinski definition) is 1. The Morgan fingerprint density at radius 2 is 2.12 bits per heavy atom. The first-order chi connectivity index (χ1) is 8.11. The van der Waals surface area contributed by atoms with Crippen molar-refractivity contribution in [2.75, 3.05) is 0 Å². The molecule has 1 N–H and O–H groups in total. The van der Waals surface area contributed by atoms with Gasteiger partial charge in [0.15, 0.2) is 0 Å². The summed E-state index contributed by atoms with van der Waals surface area (Å²) in [4.78, 5) is 0. The maximum absolute atomic E-state index is 13.1. The zero-order chi connectivity index (χ0) is 12.4. The van der Waals surface area contributed by atoms with Crippen molar-refractivity contribution in [1.29, 1.82) is 0 Å². The van der Waals surface area contributed by atoms with E-state index in [9.17, 15) is 9.50 Å². The molecule has 1 aromatic heterocycles. The Balaban J connectivity index is 2.35. The van der Waals surface area contributed by atoms with Crippen molar-refractivity contribution >= 4 is 11.6 Å². The summed E-state index contributed by atoms with van der Waals surface area (Å²) in [6, 6.07) is 7.33. The molecular weight excluding hydrogens is 243 g/mol. The van der Waals surface area contributed by atoms with Gasteiger partial charge in [-0.25, -0.2) is 4.39 Å². The third-order valence-corrected chi connectivity index (χ3v) is 2.90. The zero-order valence-electron chi connectivity index (χ0n) is 9.28. The van der Waals surface area contributed by atoms with Crippen LogP contribution in [-0.4, -0.2) is 5.11 Å². The lowest BCUT2D eigenvalue weighted by Gasteiger charge is -2.10. The topological polar surface area (TPSA) is 33.4 Å². The van der Waals surface area contributed by atoms with Crippen LogP contribution in [0.25, 0.3) is 0 Å². The Labute approximate surface area is 104 Å². The van der Waals surface area contributed by atoms with E-state index in [1.165, 1.54) is 18.2 Å². The molecule has 0 aliphatic rings. The summed E-state index contributed by atoms with van der Waals surface area (Å²) in [6.45, 7) is 1.95. The van der Waals surface area contributed by atoms with Crippen LogP contribution in [0.15, 0.2) is 34.7 Å². The Kier molecular flexibility index (Phi) is 3.50. The maximum Gasteiger partial charge on any atom is 0.138 e. The summed E-state index contributed by atoms with van der Waals surface area (Å²) < 4.78 is 18.5. The molecule has 2 rings (SSSR count). The molecule has 1 unspecified atom stereocenters. The SMILES string of the molecule is CCc1ccc(C(O)c2cc(F)ccc2Cl)o1. The molecule has 0 bridgehead atoms. The van der Waals surface area contributed by atoms with E-state index in [-0.39, 0.29) is 0 Å². The fourth-order valence-corrected chi connectivity index (χ4v) is 1.83. The van der Waals surface area contributed by atoms with Gasteiger partial charge in [-0.1, -0.05) is 18.5 Å². The Bertz CT molecular complexity index is 522. The smallest absolute Gasteiger partial charge is 0.138 e. The predicted octanol–water partition coefficient (Wildman–Crippen LogP) is 3.72. The van der Waals surface area contributed by atoms with Crippen molar-refractivity contribution in [1.82, 2.24) is 0 Å². The number of furan rings is 1. The van der Waals surface area contributed by atoms with Crippen molar-refractivity contribution in [3.8, 4) is 0 Å². The van der Waals surface area contributed by atoms with E-state index in [1.54, 1.807) is 12.1 Å². The van der Waals surface area contributed by atoms with Crippen molar-refractivity contribution in [2.24, 2.45) is 0 Å². The van der Waals surface area contributed by atoms with Gasteiger partial charge < -0.3 is 9.52 Å². The predicted molar refractivity (Wildman–Crippen MR) is 63.6 cm³/mol. The number of aryl methyl sites for hydroxylation is 1. The molecule has 0 amide bonds. The van der Waals surface area contributed by atoms with Gasteiger partial charge >= 0.3 is 0 Å². The van der Waals surface area contributed by atoms with E-state index in [0.29, 0.717) is 16.3 Å². The fraction of sp³-hybridized carbons (Fsp3) is 0.231. The summed E-state index contributed by atoms with van der Waals surface area (Å²) >= 11 is 5.91. The Morgan fingerprint density at radius 3 is 2.76 bits per heavy atom. The average Bonchev–Trinajstić information content (AvgIpc) is 2.80. The molecular formula is C13H12ClFO2. The molecule has 0 aliphatic carbocycles. The van der Waals surface area contributed by atoms with Crippen LogP contribution in [0, 0.1) is 5.82 Å². The van der Waals surface area contributed by atoms with Gasteiger partial charge in [0.25, 0.3) is 0 Å². The minimum Gasteiger partial charge on any atom is -0.463 e. The van der Waals surface area contributed by atoms with Gasteiger partial charge in [0, 0.05) is 17.0 Å². The van der Waals surface area contributed by atoms with Crippen LogP contribution >= 0.6 is 11.6 Å². The Morgan fingerprint density at radius 1 is 1.35 bits per heavy atom. The largest absolute Gasteiger partial charge is 0.463 e. The summed E-state index contributed by atoms with van der Waals surface area (Å²) in [5, 5.41) is 10.4. The third kappa shape index (κ3) is 2.51. The van der Waals surface area contributed by atoms with Crippen molar-refractivity contribution in [3.05, 3.63) is 58.3 Å². The molecule has 1 heterocycles. The highest BCUT2D eigenvalue weighted by molar-refractivity contribution is 6.31. The highest BCUT2D eigenvalue weighted by Gasteiger charge is 2.18. The summed E-state index contributed by atoms with van der Waals surface area (Å²) in [5.41, 5.74) is 0.309. The standard InChI is InChI=1S/C13H12ClFO2/c1-2-9-4-6-12(17-9)13(16)10-7-8(15)3-5-11(10)14/h3-7,13,16H,2H2,1H3. The minimum atomic E-state index is -1.04. The van der Waals surface area contributed by atoms with E-state index < -0.39 is 11.9 Å². The van der Waals surface area contributed by atoms with Gasteiger partial charge in [-0.05, 0) is 30.3 Å². The highest BCUT2D eigenvalue weighted by Crippen LogP contribution is 2.29. The van der Waals surface area contributed by atoms with Gasteiger partial charge in [-0.2, -0.15) is 0 Å². The monoisotopic (exact) mass is 254 g/mol. The molecule has 1 aromatic carbocycles. The number of benzene rings is 1. The molecule has 2 aromatic rings. The second-order valence-electron chi connectivity index (χ2n) is 3.73. The van der Waals surface area contributed by atoms with Crippen molar-refractivity contribution in [2.45, 2.75) is 19.4 Å². The van der Waals surface area contributed by atoms with Crippen molar-refractivity contribution < 1.29 is 13.9 Å². The second kappa shape index (κ2) is 4.90. The lowest BCUT2D eigenvalue weighted by molar-refractivity contribution is 0.186. The first-order valence-corrected chi connectivity index (χ1v) is 5.71. The first kappa shape index (κ1) is 12.1. The minimum absolute atomic E-state index is 0.309. The normalized spacial score (nSPS) is 12.7. The van der Waals surface area contributed by atoms with Gasteiger partial charge in [0.05, 0.1) is 0 Å². The molecule has 1 atom stereocenters. The van der Waals surface area contributed by atoms with Crippen LogP contribution in [0.5, 0.6) is 0 Å². The van der Waals surface area contributed by atoms with Crippen molar-refractivity contribution in [3.63, 3.8) is 0 Å². The first-order valence-electron chi connectivity index (χ1n) is 5.33. The van der Waals surface area contributed by atoms with Gasteiger partial charge in [0.1, 0.15) is 23.4 Å². The van der Waals surface area contributed by atoms with Crippen LogP contribution in [0.2, 0.25) is 5.02 Å². The molecule has 0 saturated carbocycles. The Hall–Kier alpha value is -1.32. The van der Waals surface area contributed by atoms with Crippen LogP contribution in [-0.2, 0) is 6.42 Å². The van der Waals surface area contributed by atoms with E-state index in [1.807, 2.05) is 6.92 Å². The number of aliphatic hydroxyl groups is 1. The lowest BCUT2D eigenvalue weighted by Crippen LogP contribution is -1.99. The van der Waals surface area contributed by atoms with Crippen LogP contribution in [0.4, 0.5) is 4.39 Å². The molecule has 0 saturated heterocycles. The third-order valence-electron chi connectivity index (χ3n) is 2.55. The maximum atomic E-state index is 13.1. The van der Waals surface area contributed by atoms with Gasteiger partial charge in [-0.15, -0.1) is 0 Å². The molecule has 0 aliphatic heterocycles. The molecule has 17 heavy (non-hydrogen) atoms. The number of aliphatic hydroxyl groups excluding tert-OH is 1. The number of halogens is 2. The molecule has 90 valence electrons. The highest BCUT2D eigenvalue weighted by atomic mass is 35.5. The second-order valence-corrected chi connectivity index (χ2v) is 4.13.